The third-order valence-electron chi connectivity index (χ3n) is 4.42. The van der Waals surface area contributed by atoms with Gasteiger partial charge in [0.1, 0.15) is 6.10 Å². The van der Waals surface area contributed by atoms with Gasteiger partial charge in [-0.2, -0.15) is 13.2 Å². The average molecular weight is 364 g/mol. The van der Waals surface area contributed by atoms with Crippen molar-refractivity contribution in [1.29, 1.82) is 0 Å². The number of rotatable bonds is 5. The van der Waals surface area contributed by atoms with Crippen molar-refractivity contribution in [3.8, 4) is 5.88 Å². The van der Waals surface area contributed by atoms with Crippen LogP contribution in [0.2, 0.25) is 0 Å². The number of pyridine rings is 1. The van der Waals surface area contributed by atoms with Crippen LogP contribution in [-0.4, -0.2) is 35.0 Å². The number of halogens is 3. The predicted molar refractivity (Wildman–Crippen MR) is 89.7 cm³/mol. The number of nitrogens with zero attached hydrogens (tertiary/aromatic N) is 2. The topological polar surface area (TPSA) is 42.4 Å². The van der Waals surface area contributed by atoms with Crippen molar-refractivity contribution >= 4 is 5.91 Å². The molecule has 1 aromatic carbocycles. The van der Waals surface area contributed by atoms with E-state index in [2.05, 4.69) is 4.98 Å². The van der Waals surface area contributed by atoms with Crippen LogP contribution in [0, 0.1) is 0 Å². The molecule has 1 amide bonds. The van der Waals surface area contributed by atoms with Gasteiger partial charge in [0.2, 0.25) is 11.8 Å². The highest BCUT2D eigenvalue weighted by Crippen LogP contribution is 2.30. The molecule has 0 aliphatic carbocycles. The number of ether oxygens (including phenoxy) is 1. The van der Waals surface area contributed by atoms with Gasteiger partial charge in [0, 0.05) is 12.3 Å². The number of benzene rings is 1. The fraction of sp³-hybridized carbons (Fsp3) is 0.368. The van der Waals surface area contributed by atoms with Gasteiger partial charge in [0.25, 0.3) is 0 Å². The zero-order valence-corrected chi connectivity index (χ0v) is 14.2. The molecule has 1 fully saturated rings. The number of carbonyl (C=O) groups is 1. The SMILES string of the molecule is CCC(C(=O)N1CC(Oc2ccc(C(F)(F)F)cn2)C1)c1ccccc1. The molecule has 138 valence electrons. The summed E-state index contributed by atoms with van der Waals surface area (Å²) in [6.07, 6.45) is -3.22. The van der Waals surface area contributed by atoms with Crippen molar-refractivity contribution < 1.29 is 22.7 Å². The fourth-order valence-corrected chi connectivity index (χ4v) is 2.94. The quantitative estimate of drug-likeness (QED) is 0.809. The zero-order chi connectivity index (χ0) is 18.7. The van der Waals surface area contributed by atoms with Gasteiger partial charge >= 0.3 is 6.18 Å². The predicted octanol–water partition coefficient (Wildman–Crippen LogP) is 3.88. The summed E-state index contributed by atoms with van der Waals surface area (Å²) in [7, 11) is 0. The van der Waals surface area contributed by atoms with Crippen LogP contribution in [0.15, 0.2) is 48.7 Å². The molecular weight excluding hydrogens is 345 g/mol. The van der Waals surface area contributed by atoms with Crippen LogP contribution in [0.3, 0.4) is 0 Å². The number of alkyl halides is 3. The Morgan fingerprint density at radius 3 is 2.46 bits per heavy atom. The minimum absolute atomic E-state index is 0.0407. The number of amides is 1. The molecule has 0 bridgehead atoms. The molecule has 0 radical (unpaired) electrons. The molecule has 0 saturated carbocycles. The zero-order valence-electron chi connectivity index (χ0n) is 14.2. The van der Waals surface area contributed by atoms with Crippen LogP contribution in [0.25, 0.3) is 0 Å². The van der Waals surface area contributed by atoms with Crippen LogP contribution in [0.4, 0.5) is 13.2 Å². The largest absolute Gasteiger partial charge is 0.471 e. The Bertz CT molecular complexity index is 742. The van der Waals surface area contributed by atoms with E-state index in [0.717, 1.165) is 17.8 Å². The standard InChI is InChI=1S/C19H19F3N2O2/c1-2-16(13-6-4-3-5-7-13)18(25)24-11-15(12-24)26-17-9-8-14(10-23-17)19(20,21)22/h3-10,15-16H,2,11-12H2,1H3. The van der Waals surface area contributed by atoms with E-state index in [-0.39, 0.29) is 23.8 Å². The van der Waals surface area contributed by atoms with Crippen molar-refractivity contribution in [2.45, 2.75) is 31.5 Å². The first-order valence-corrected chi connectivity index (χ1v) is 8.42. The molecule has 3 rings (SSSR count). The minimum atomic E-state index is -4.42. The Morgan fingerprint density at radius 2 is 1.92 bits per heavy atom. The number of likely N-dealkylation sites (tertiary alicyclic amines) is 1. The third-order valence-corrected chi connectivity index (χ3v) is 4.42. The summed E-state index contributed by atoms with van der Waals surface area (Å²) >= 11 is 0. The van der Waals surface area contributed by atoms with E-state index in [1.54, 1.807) is 4.90 Å². The molecule has 4 nitrogen and oxygen atoms in total. The lowest BCUT2D eigenvalue weighted by Gasteiger charge is -2.40. The molecule has 1 saturated heterocycles. The second kappa shape index (κ2) is 7.35. The smallest absolute Gasteiger partial charge is 0.417 e. The van der Waals surface area contributed by atoms with E-state index >= 15 is 0 Å². The Morgan fingerprint density at radius 1 is 1.23 bits per heavy atom. The van der Waals surface area contributed by atoms with Gasteiger partial charge in [-0.1, -0.05) is 37.3 Å². The molecule has 7 heteroatoms. The number of hydrogen-bond acceptors (Lipinski definition) is 3. The highest BCUT2D eigenvalue weighted by atomic mass is 19.4. The Balaban J connectivity index is 1.54. The first-order chi connectivity index (χ1) is 12.4. The van der Waals surface area contributed by atoms with Crippen molar-refractivity contribution in [3.63, 3.8) is 0 Å². The molecule has 1 aliphatic rings. The third kappa shape index (κ3) is 3.98. The van der Waals surface area contributed by atoms with Crippen molar-refractivity contribution in [1.82, 2.24) is 9.88 Å². The van der Waals surface area contributed by atoms with E-state index in [1.807, 2.05) is 37.3 Å². The average Bonchev–Trinajstić information content (AvgIpc) is 2.59. The molecule has 2 aromatic rings. The van der Waals surface area contributed by atoms with Gasteiger partial charge in [0.15, 0.2) is 0 Å². The summed E-state index contributed by atoms with van der Waals surface area (Å²) in [6.45, 7) is 2.78. The van der Waals surface area contributed by atoms with Crippen LogP contribution in [0.1, 0.15) is 30.4 Å². The van der Waals surface area contributed by atoms with E-state index in [4.69, 9.17) is 4.74 Å². The normalized spacial score (nSPS) is 16.1. The van der Waals surface area contributed by atoms with Gasteiger partial charge in [-0.25, -0.2) is 4.98 Å². The summed E-state index contributed by atoms with van der Waals surface area (Å²) in [5, 5.41) is 0. The maximum Gasteiger partial charge on any atom is 0.417 e. The summed E-state index contributed by atoms with van der Waals surface area (Å²) in [4.78, 5) is 18.0. The molecule has 2 heterocycles. The highest BCUT2D eigenvalue weighted by molar-refractivity contribution is 5.84. The Labute approximate surface area is 149 Å². The second-order valence-electron chi connectivity index (χ2n) is 6.24. The van der Waals surface area contributed by atoms with E-state index in [9.17, 15) is 18.0 Å². The van der Waals surface area contributed by atoms with Gasteiger partial charge in [-0.05, 0) is 18.1 Å². The maximum absolute atomic E-state index is 12.6. The maximum atomic E-state index is 12.6. The number of hydrogen-bond donors (Lipinski definition) is 0. The van der Waals surface area contributed by atoms with Crippen molar-refractivity contribution in [2.24, 2.45) is 0 Å². The number of carbonyl (C=O) groups excluding carboxylic acids is 1. The minimum Gasteiger partial charge on any atom is -0.471 e. The van der Waals surface area contributed by atoms with Gasteiger partial charge in [-0.15, -0.1) is 0 Å². The molecule has 0 spiro atoms. The molecule has 1 atom stereocenters. The lowest BCUT2D eigenvalue weighted by Crippen LogP contribution is -2.57. The molecule has 0 N–H and O–H groups in total. The first-order valence-electron chi connectivity index (χ1n) is 8.42. The Hall–Kier alpha value is -2.57. The first kappa shape index (κ1) is 18.2. The van der Waals surface area contributed by atoms with Crippen LogP contribution in [0.5, 0.6) is 5.88 Å². The monoisotopic (exact) mass is 364 g/mol. The highest BCUT2D eigenvalue weighted by Gasteiger charge is 2.36. The van der Waals surface area contributed by atoms with Crippen molar-refractivity contribution in [2.75, 3.05) is 13.1 Å². The second-order valence-corrected chi connectivity index (χ2v) is 6.24. The lowest BCUT2D eigenvalue weighted by molar-refractivity contribution is -0.142. The summed E-state index contributed by atoms with van der Waals surface area (Å²) in [5.74, 6) is -0.0227. The van der Waals surface area contributed by atoms with Gasteiger partial charge in [-0.3, -0.25) is 4.79 Å². The fourth-order valence-electron chi connectivity index (χ4n) is 2.94. The van der Waals surface area contributed by atoms with Gasteiger partial charge < -0.3 is 9.64 Å². The lowest BCUT2D eigenvalue weighted by atomic mass is 9.93. The van der Waals surface area contributed by atoms with E-state index < -0.39 is 11.7 Å². The molecule has 1 aliphatic heterocycles. The summed E-state index contributed by atoms with van der Waals surface area (Å²) in [6, 6.07) is 11.7. The number of aromatic nitrogens is 1. The van der Waals surface area contributed by atoms with E-state index in [1.165, 1.54) is 6.07 Å². The molecule has 1 unspecified atom stereocenters. The van der Waals surface area contributed by atoms with Crippen LogP contribution >= 0.6 is 0 Å². The molecule has 1 aromatic heterocycles. The summed E-state index contributed by atoms with van der Waals surface area (Å²) < 4.78 is 43.1. The van der Waals surface area contributed by atoms with Crippen LogP contribution < -0.4 is 4.74 Å². The van der Waals surface area contributed by atoms with Crippen LogP contribution in [-0.2, 0) is 11.0 Å². The molecular formula is C19H19F3N2O2. The van der Waals surface area contributed by atoms with E-state index in [0.29, 0.717) is 19.5 Å². The summed E-state index contributed by atoms with van der Waals surface area (Å²) in [5.41, 5.74) is 0.165. The molecule has 26 heavy (non-hydrogen) atoms. The Kier molecular flexibility index (Phi) is 5.15. The van der Waals surface area contributed by atoms with Gasteiger partial charge in [0.05, 0.1) is 24.6 Å². The van der Waals surface area contributed by atoms with Crippen molar-refractivity contribution in [3.05, 3.63) is 59.8 Å².